The van der Waals surface area contributed by atoms with Crippen molar-refractivity contribution in [2.24, 2.45) is 5.92 Å². The number of carbonyl (C=O) groups excluding carboxylic acids is 2. The maximum atomic E-state index is 13.5. The second-order valence-electron chi connectivity index (χ2n) is 8.62. The molecule has 0 unspecified atom stereocenters. The molecule has 0 aliphatic rings. The Bertz CT molecular complexity index is 1140. The number of anilines is 1. The maximum absolute atomic E-state index is 13.5. The Morgan fingerprint density at radius 2 is 1.71 bits per heavy atom. The van der Waals surface area contributed by atoms with E-state index in [2.05, 4.69) is 5.32 Å². The zero-order chi connectivity index (χ0) is 25.6. The molecule has 0 saturated carbocycles. The molecule has 10 heteroatoms. The lowest BCUT2D eigenvalue weighted by atomic mass is 10.1. The van der Waals surface area contributed by atoms with Gasteiger partial charge in [-0.05, 0) is 55.2 Å². The Morgan fingerprint density at radius 1 is 1.06 bits per heavy atom. The zero-order valence-corrected chi connectivity index (χ0v) is 22.3. The van der Waals surface area contributed by atoms with Gasteiger partial charge >= 0.3 is 0 Å². The number of amides is 2. The Kier molecular flexibility index (Phi) is 9.79. The van der Waals surface area contributed by atoms with Crippen LogP contribution >= 0.6 is 23.2 Å². The number of nitrogens with zero attached hydrogens (tertiary/aromatic N) is 2. The van der Waals surface area contributed by atoms with Gasteiger partial charge in [-0.1, -0.05) is 55.2 Å². The number of nitrogens with one attached hydrogen (secondary N) is 1. The summed E-state index contributed by atoms with van der Waals surface area (Å²) < 4.78 is 26.3. The van der Waals surface area contributed by atoms with Crippen molar-refractivity contribution in [2.45, 2.75) is 40.3 Å². The molecule has 0 bridgehead atoms. The molecule has 0 fully saturated rings. The second kappa shape index (κ2) is 11.9. The van der Waals surface area contributed by atoms with Crippen LogP contribution in [0, 0.1) is 12.8 Å². The van der Waals surface area contributed by atoms with Crippen molar-refractivity contribution in [3.05, 3.63) is 63.6 Å². The first-order chi connectivity index (χ1) is 15.8. The molecule has 34 heavy (non-hydrogen) atoms. The Balaban J connectivity index is 2.41. The third-order valence-electron chi connectivity index (χ3n) is 5.28. The van der Waals surface area contributed by atoms with Crippen molar-refractivity contribution in [3.63, 3.8) is 0 Å². The van der Waals surface area contributed by atoms with E-state index >= 15 is 0 Å². The van der Waals surface area contributed by atoms with Crippen LogP contribution in [0.1, 0.15) is 31.9 Å². The lowest BCUT2D eigenvalue weighted by Gasteiger charge is -2.32. The van der Waals surface area contributed by atoms with Gasteiger partial charge in [0.25, 0.3) is 0 Å². The minimum absolute atomic E-state index is 0.0851. The van der Waals surface area contributed by atoms with Gasteiger partial charge in [-0.3, -0.25) is 13.9 Å². The van der Waals surface area contributed by atoms with Crippen molar-refractivity contribution in [1.29, 1.82) is 0 Å². The van der Waals surface area contributed by atoms with Gasteiger partial charge < -0.3 is 10.2 Å². The van der Waals surface area contributed by atoms with E-state index in [1.165, 1.54) is 4.90 Å². The topological polar surface area (TPSA) is 86.8 Å². The molecule has 0 aromatic heterocycles. The van der Waals surface area contributed by atoms with Gasteiger partial charge in [-0.15, -0.1) is 0 Å². The highest BCUT2D eigenvalue weighted by Gasteiger charge is 2.30. The van der Waals surface area contributed by atoms with E-state index in [4.69, 9.17) is 23.2 Å². The molecule has 0 radical (unpaired) electrons. The second-order valence-corrected chi connectivity index (χ2v) is 11.4. The number of rotatable bonds is 10. The van der Waals surface area contributed by atoms with Gasteiger partial charge in [-0.2, -0.15) is 0 Å². The van der Waals surface area contributed by atoms with E-state index in [0.717, 1.165) is 10.6 Å². The van der Waals surface area contributed by atoms with Crippen LogP contribution in [-0.4, -0.2) is 50.5 Å². The average Bonchev–Trinajstić information content (AvgIpc) is 2.75. The number of sulfonamides is 1. The monoisotopic (exact) mass is 527 g/mol. The number of benzene rings is 2. The van der Waals surface area contributed by atoms with Crippen LogP contribution < -0.4 is 9.62 Å². The zero-order valence-electron chi connectivity index (χ0n) is 20.0. The largest absolute Gasteiger partial charge is 0.354 e. The predicted molar refractivity (Wildman–Crippen MR) is 138 cm³/mol. The molecule has 2 rings (SSSR count). The van der Waals surface area contributed by atoms with Gasteiger partial charge in [0.05, 0.1) is 11.9 Å². The van der Waals surface area contributed by atoms with Crippen LogP contribution in [0.2, 0.25) is 10.0 Å². The Hall–Kier alpha value is -2.29. The normalized spacial score (nSPS) is 12.4. The smallest absolute Gasteiger partial charge is 0.244 e. The first-order valence-corrected chi connectivity index (χ1v) is 13.5. The van der Waals surface area contributed by atoms with Crippen molar-refractivity contribution >= 4 is 50.7 Å². The fraction of sp³-hybridized carbons (Fsp3) is 0.417. The van der Waals surface area contributed by atoms with Gasteiger partial charge in [0.2, 0.25) is 21.8 Å². The highest BCUT2D eigenvalue weighted by molar-refractivity contribution is 7.92. The SMILES string of the molecule is Cc1c(Cl)cccc1N(CC(=O)N(Cc1cccc(Cl)c1)[C@H](C)C(=O)NCC(C)C)S(C)(=O)=O. The summed E-state index contributed by atoms with van der Waals surface area (Å²) in [6, 6.07) is 11.0. The molecule has 0 spiro atoms. The molecular weight excluding hydrogens is 497 g/mol. The first kappa shape index (κ1) is 28.0. The molecule has 0 heterocycles. The van der Waals surface area contributed by atoms with Crippen LogP contribution in [0.5, 0.6) is 0 Å². The maximum Gasteiger partial charge on any atom is 0.244 e. The standard InChI is InChI=1S/C24H31Cl2N3O4S/c1-16(2)13-27-24(31)18(4)28(14-19-8-6-9-20(25)12-19)23(30)15-29(34(5,32)33)22-11-7-10-21(26)17(22)3/h6-12,16,18H,13-15H2,1-5H3,(H,27,31)/t18-/m1/s1. The van der Waals surface area contributed by atoms with E-state index in [0.29, 0.717) is 33.4 Å². The number of halogens is 2. The summed E-state index contributed by atoms with van der Waals surface area (Å²) in [7, 11) is -3.83. The summed E-state index contributed by atoms with van der Waals surface area (Å²) in [5.74, 6) is -0.620. The van der Waals surface area contributed by atoms with E-state index in [1.54, 1.807) is 56.3 Å². The molecule has 186 valence electrons. The average molecular weight is 529 g/mol. The summed E-state index contributed by atoms with van der Waals surface area (Å²) in [6.07, 6.45) is 1.03. The van der Waals surface area contributed by atoms with Crippen molar-refractivity contribution < 1.29 is 18.0 Å². The lowest BCUT2D eigenvalue weighted by molar-refractivity contribution is -0.139. The quantitative estimate of drug-likeness (QED) is 0.500. The minimum atomic E-state index is -3.83. The predicted octanol–water partition coefficient (Wildman–Crippen LogP) is 4.26. The summed E-state index contributed by atoms with van der Waals surface area (Å²) in [5.41, 5.74) is 1.56. The Labute approximate surface area is 212 Å². The highest BCUT2D eigenvalue weighted by atomic mass is 35.5. The van der Waals surface area contributed by atoms with Crippen molar-refractivity contribution in [3.8, 4) is 0 Å². The number of hydrogen-bond acceptors (Lipinski definition) is 4. The van der Waals surface area contributed by atoms with Crippen molar-refractivity contribution in [2.75, 3.05) is 23.7 Å². The molecular formula is C24H31Cl2N3O4S. The highest BCUT2D eigenvalue weighted by Crippen LogP contribution is 2.28. The molecule has 1 atom stereocenters. The van der Waals surface area contributed by atoms with E-state index in [1.807, 2.05) is 13.8 Å². The van der Waals surface area contributed by atoms with E-state index in [9.17, 15) is 18.0 Å². The number of carbonyl (C=O) groups is 2. The molecule has 7 nitrogen and oxygen atoms in total. The van der Waals surface area contributed by atoms with E-state index in [-0.39, 0.29) is 18.4 Å². The van der Waals surface area contributed by atoms with Gasteiger partial charge in [0, 0.05) is 23.1 Å². The molecule has 2 amide bonds. The molecule has 0 aliphatic carbocycles. The molecule has 0 aliphatic heterocycles. The number of hydrogen-bond donors (Lipinski definition) is 1. The van der Waals surface area contributed by atoms with E-state index < -0.39 is 28.5 Å². The summed E-state index contributed by atoms with van der Waals surface area (Å²) in [4.78, 5) is 27.7. The van der Waals surface area contributed by atoms with Crippen molar-refractivity contribution in [1.82, 2.24) is 10.2 Å². The lowest BCUT2D eigenvalue weighted by Crippen LogP contribution is -2.51. The minimum Gasteiger partial charge on any atom is -0.354 e. The third kappa shape index (κ3) is 7.61. The van der Waals surface area contributed by atoms with Crippen LogP contribution in [-0.2, 0) is 26.2 Å². The fourth-order valence-corrected chi connectivity index (χ4v) is 4.61. The van der Waals surface area contributed by atoms with Crippen LogP contribution in [0.3, 0.4) is 0 Å². The van der Waals surface area contributed by atoms with Gasteiger partial charge in [0.15, 0.2) is 0 Å². The summed E-state index contributed by atoms with van der Waals surface area (Å²) >= 11 is 12.3. The van der Waals surface area contributed by atoms with Gasteiger partial charge in [0.1, 0.15) is 12.6 Å². The first-order valence-electron chi connectivity index (χ1n) is 10.9. The van der Waals surface area contributed by atoms with Gasteiger partial charge in [-0.25, -0.2) is 8.42 Å². The molecule has 1 N–H and O–H groups in total. The molecule has 2 aromatic carbocycles. The van der Waals surface area contributed by atoms with Crippen LogP contribution in [0.15, 0.2) is 42.5 Å². The van der Waals surface area contributed by atoms with Crippen LogP contribution in [0.4, 0.5) is 5.69 Å². The molecule has 2 aromatic rings. The Morgan fingerprint density at radius 3 is 2.29 bits per heavy atom. The fourth-order valence-electron chi connectivity index (χ4n) is 3.33. The third-order valence-corrected chi connectivity index (χ3v) is 7.05. The molecule has 0 saturated heterocycles. The summed E-state index contributed by atoms with van der Waals surface area (Å²) in [6.45, 7) is 7.30. The van der Waals surface area contributed by atoms with Crippen LogP contribution in [0.25, 0.3) is 0 Å². The summed E-state index contributed by atoms with van der Waals surface area (Å²) in [5, 5.41) is 3.72.